The summed E-state index contributed by atoms with van der Waals surface area (Å²) in [6, 6.07) is 10.8. The van der Waals surface area contributed by atoms with Crippen LogP contribution in [0.1, 0.15) is 5.56 Å². The molecule has 0 heterocycles. The summed E-state index contributed by atoms with van der Waals surface area (Å²) in [5.74, 6) is -1.11. The lowest BCUT2D eigenvalue weighted by atomic mass is 10.0. The smallest absolute Gasteiger partial charge is 0.296 e. The molecule has 0 atom stereocenters. The van der Waals surface area contributed by atoms with Gasteiger partial charge in [0.15, 0.2) is 5.75 Å². The van der Waals surface area contributed by atoms with E-state index in [1.54, 1.807) is 6.07 Å². The second kappa shape index (κ2) is 11.6. The van der Waals surface area contributed by atoms with Crippen molar-refractivity contribution in [2.45, 2.75) is 19.6 Å². The van der Waals surface area contributed by atoms with Crippen LogP contribution in [0.15, 0.2) is 101 Å². The Hall–Kier alpha value is -4.73. The first-order valence-corrected chi connectivity index (χ1v) is 17.2. The number of azo groups is 2. The van der Waals surface area contributed by atoms with Gasteiger partial charge in [0.05, 0.1) is 32.8 Å². The van der Waals surface area contributed by atoms with Crippen molar-refractivity contribution in [3.8, 4) is 11.8 Å². The average molecular weight is 698 g/mol. The Morgan fingerprint density at radius 1 is 0.578 bits per heavy atom. The molecule has 0 fully saturated rings. The fourth-order valence-electron chi connectivity index (χ4n) is 3.75. The van der Waals surface area contributed by atoms with Crippen molar-refractivity contribution in [2.24, 2.45) is 20.5 Å². The van der Waals surface area contributed by atoms with Gasteiger partial charge < -0.3 is 5.11 Å². The van der Waals surface area contributed by atoms with Gasteiger partial charge in [0.25, 0.3) is 40.5 Å². The molecule has 0 spiro atoms. The third kappa shape index (κ3) is 7.33. The fourth-order valence-corrected chi connectivity index (χ4v) is 6.07. The van der Waals surface area contributed by atoms with Crippen molar-refractivity contribution in [1.82, 2.24) is 0 Å². The molecule has 0 aliphatic heterocycles. The molecule has 0 radical (unpaired) electrons. The zero-order chi connectivity index (χ0) is 33.5. The van der Waals surface area contributed by atoms with E-state index in [0.717, 1.165) is 30.3 Å². The molecular weight excluding hydrogens is 683 g/mol. The van der Waals surface area contributed by atoms with Gasteiger partial charge in [-0.05, 0) is 66.0 Å². The number of phenolic OH excluding ortho intramolecular Hbond substituents is 1. The standard InChI is InChI=1S/C23H15N5O13S4/c24-11-13-8-17(43(33,34)35)7-12-9-20(45(39,40)41)22(23(29)21(12)13)28-27-18-6-3-15(10-19(18)44(36,37)38)26-25-14-1-4-16(5-2-14)42(30,31)32/h1-10,29H,(H,30,31,32)(H,33,34,35)(H,36,37,38)(H,39,40,41). The first-order valence-electron chi connectivity index (χ1n) is 11.4. The number of fused-ring (bicyclic) bond motifs is 1. The average Bonchev–Trinajstić information content (AvgIpc) is 2.93. The Kier molecular flexibility index (Phi) is 8.59. The molecule has 4 aromatic rings. The van der Waals surface area contributed by atoms with Crippen molar-refractivity contribution < 1.29 is 57.0 Å². The number of aromatic hydroxyl groups is 1. The lowest BCUT2D eigenvalue weighted by Crippen LogP contribution is -2.02. The molecule has 0 unspecified atom stereocenters. The Morgan fingerprint density at radius 2 is 1.13 bits per heavy atom. The fraction of sp³-hybridized carbons (Fsp3) is 0. The van der Waals surface area contributed by atoms with Crippen molar-refractivity contribution in [3.05, 3.63) is 66.2 Å². The summed E-state index contributed by atoms with van der Waals surface area (Å²) >= 11 is 0. The van der Waals surface area contributed by atoms with Gasteiger partial charge in [-0.25, -0.2) is 0 Å². The van der Waals surface area contributed by atoms with Gasteiger partial charge in [-0.15, -0.1) is 10.2 Å². The minimum atomic E-state index is -5.26. The van der Waals surface area contributed by atoms with Crippen LogP contribution in [-0.2, 0) is 40.5 Å². The van der Waals surface area contributed by atoms with Crippen LogP contribution in [0.2, 0.25) is 0 Å². The zero-order valence-corrected chi connectivity index (χ0v) is 24.9. The maximum absolute atomic E-state index is 12.1. The lowest BCUT2D eigenvalue weighted by Gasteiger charge is -2.11. The Bertz CT molecular complexity index is 2440. The highest BCUT2D eigenvalue weighted by Crippen LogP contribution is 2.44. The van der Waals surface area contributed by atoms with E-state index in [1.807, 2.05) is 0 Å². The first-order chi connectivity index (χ1) is 20.7. The molecule has 0 aliphatic rings. The van der Waals surface area contributed by atoms with Crippen LogP contribution in [0.3, 0.4) is 0 Å². The van der Waals surface area contributed by atoms with E-state index < -0.39 is 93.5 Å². The van der Waals surface area contributed by atoms with E-state index in [-0.39, 0.29) is 11.4 Å². The second-order valence-electron chi connectivity index (χ2n) is 8.70. The number of phenols is 1. The molecule has 5 N–H and O–H groups in total. The molecule has 22 heteroatoms. The molecule has 234 valence electrons. The van der Waals surface area contributed by atoms with Crippen LogP contribution in [-0.4, -0.2) is 57.0 Å². The maximum Gasteiger partial charge on any atom is 0.296 e. The molecule has 45 heavy (non-hydrogen) atoms. The molecule has 0 saturated heterocycles. The van der Waals surface area contributed by atoms with Gasteiger partial charge in [0, 0.05) is 5.39 Å². The van der Waals surface area contributed by atoms with E-state index in [2.05, 4.69) is 20.5 Å². The van der Waals surface area contributed by atoms with Gasteiger partial charge in [-0.2, -0.15) is 49.2 Å². The van der Waals surface area contributed by atoms with Crippen LogP contribution in [0.25, 0.3) is 10.8 Å². The molecule has 0 amide bonds. The quantitative estimate of drug-likeness (QED) is 0.127. The van der Waals surface area contributed by atoms with Gasteiger partial charge >= 0.3 is 0 Å². The SMILES string of the molecule is N#Cc1cc(S(=O)(=O)O)cc2cc(S(=O)(=O)O)c(N=Nc3ccc(N=Nc4ccc(S(=O)(=O)O)cc4)cc3S(=O)(=O)O)c(O)c12. The van der Waals surface area contributed by atoms with Crippen molar-refractivity contribution in [3.63, 3.8) is 0 Å². The van der Waals surface area contributed by atoms with Crippen molar-refractivity contribution in [2.75, 3.05) is 0 Å². The molecule has 0 bridgehead atoms. The van der Waals surface area contributed by atoms with Gasteiger partial charge in [-0.3, -0.25) is 18.2 Å². The van der Waals surface area contributed by atoms with E-state index in [4.69, 9.17) is 4.55 Å². The van der Waals surface area contributed by atoms with Crippen LogP contribution in [0.5, 0.6) is 5.75 Å². The third-order valence-electron chi connectivity index (χ3n) is 5.71. The van der Waals surface area contributed by atoms with Gasteiger partial charge in [-0.1, -0.05) is 0 Å². The van der Waals surface area contributed by atoms with E-state index >= 15 is 0 Å². The molecule has 0 aromatic heterocycles. The number of hydrogen-bond acceptors (Lipinski definition) is 14. The van der Waals surface area contributed by atoms with Crippen LogP contribution >= 0.6 is 0 Å². The zero-order valence-electron chi connectivity index (χ0n) is 21.6. The predicted molar refractivity (Wildman–Crippen MR) is 151 cm³/mol. The lowest BCUT2D eigenvalue weighted by molar-refractivity contribution is 0.471. The minimum absolute atomic E-state index is 0.0736. The summed E-state index contributed by atoms with van der Waals surface area (Å²) < 4.78 is 132. The Labute approximate surface area is 253 Å². The first kappa shape index (κ1) is 33.2. The van der Waals surface area contributed by atoms with Crippen LogP contribution in [0.4, 0.5) is 22.7 Å². The highest BCUT2D eigenvalue weighted by molar-refractivity contribution is 7.86. The van der Waals surface area contributed by atoms with E-state index in [9.17, 15) is 57.7 Å². The minimum Gasteiger partial charge on any atom is -0.505 e. The van der Waals surface area contributed by atoms with Crippen molar-refractivity contribution in [1.29, 1.82) is 5.26 Å². The van der Waals surface area contributed by atoms with Crippen molar-refractivity contribution >= 4 is 74.0 Å². The highest BCUT2D eigenvalue weighted by Gasteiger charge is 2.26. The summed E-state index contributed by atoms with van der Waals surface area (Å²) in [4.78, 5) is -3.36. The van der Waals surface area contributed by atoms with Crippen LogP contribution < -0.4 is 0 Å². The van der Waals surface area contributed by atoms with Gasteiger partial charge in [0.1, 0.15) is 21.2 Å². The summed E-state index contributed by atoms with van der Waals surface area (Å²) in [6.45, 7) is 0. The number of nitrogens with zero attached hydrogens (tertiary/aromatic N) is 5. The van der Waals surface area contributed by atoms with E-state index in [0.29, 0.717) is 18.2 Å². The summed E-state index contributed by atoms with van der Waals surface area (Å²) in [5.41, 5.74) is -2.35. The predicted octanol–water partition coefficient (Wildman–Crippen LogP) is 4.23. The van der Waals surface area contributed by atoms with Crippen LogP contribution in [0, 0.1) is 11.3 Å². The van der Waals surface area contributed by atoms with E-state index in [1.165, 1.54) is 12.1 Å². The second-order valence-corrected chi connectivity index (χ2v) is 14.3. The Morgan fingerprint density at radius 3 is 1.67 bits per heavy atom. The number of hydrogen-bond donors (Lipinski definition) is 5. The largest absolute Gasteiger partial charge is 0.505 e. The number of rotatable bonds is 8. The molecular formula is C23H15N5O13S4. The highest BCUT2D eigenvalue weighted by atomic mass is 32.2. The molecule has 18 nitrogen and oxygen atoms in total. The molecule has 4 rings (SSSR count). The molecule has 0 aliphatic carbocycles. The third-order valence-corrected chi connectivity index (χ3v) is 9.16. The maximum atomic E-state index is 12.1. The van der Waals surface area contributed by atoms with Gasteiger partial charge in [0.2, 0.25) is 0 Å². The number of nitriles is 1. The molecule has 0 saturated carbocycles. The normalized spacial score (nSPS) is 13.0. The molecule has 4 aromatic carbocycles. The number of benzene rings is 4. The monoisotopic (exact) mass is 697 g/mol. The Balaban J connectivity index is 1.85. The summed E-state index contributed by atoms with van der Waals surface area (Å²) in [5, 5.41) is 34.1. The summed E-state index contributed by atoms with van der Waals surface area (Å²) in [6.07, 6.45) is 0. The summed E-state index contributed by atoms with van der Waals surface area (Å²) in [7, 11) is -19.7. The topological polar surface area (TPSA) is 311 Å².